The van der Waals surface area contributed by atoms with E-state index >= 15 is 0 Å². The first kappa shape index (κ1) is 25.6. The molecule has 0 radical (unpaired) electrons. The molecule has 0 spiro atoms. The Kier molecular flexibility index (Phi) is 8.15. The molecule has 2 heterocycles. The van der Waals surface area contributed by atoms with Crippen molar-refractivity contribution in [1.29, 1.82) is 0 Å². The Balaban J connectivity index is 1.54. The zero-order valence-corrected chi connectivity index (χ0v) is 21.1. The van der Waals surface area contributed by atoms with Gasteiger partial charge in [0.25, 0.3) is 5.91 Å². The average Bonchev–Trinajstić information content (AvgIpc) is 3.31. The number of anilines is 1. The first-order valence-electron chi connectivity index (χ1n) is 12.8. The van der Waals surface area contributed by atoms with Gasteiger partial charge in [-0.2, -0.15) is 4.91 Å². The summed E-state index contributed by atoms with van der Waals surface area (Å²) < 4.78 is 0. The zero-order valence-electron chi connectivity index (χ0n) is 21.1. The number of hydrogen-bond donors (Lipinski definition) is 2. The van der Waals surface area contributed by atoms with Crippen LogP contribution in [0.1, 0.15) is 55.5 Å². The number of nitrogens with zero attached hydrogens (tertiary/aromatic N) is 3. The minimum atomic E-state index is -0.369. The van der Waals surface area contributed by atoms with E-state index in [2.05, 4.69) is 24.3 Å². The van der Waals surface area contributed by atoms with E-state index in [1.165, 1.54) is 0 Å². The lowest BCUT2D eigenvalue weighted by atomic mass is 10.00. The Morgan fingerprint density at radius 1 is 1.08 bits per heavy atom. The van der Waals surface area contributed by atoms with Crippen molar-refractivity contribution in [1.82, 2.24) is 9.80 Å². The first-order chi connectivity index (χ1) is 17.4. The highest BCUT2D eigenvalue weighted by Crippen LogP contribution is 2.31. The van der Waals surface area contributed by atoms with Gasteiger partial charge in [0.05, 0.1) is 6.17 Å². The van der Waals surface area contributed by atoms with E-state index in [0.29, 0.717) is 31.5 Å². The molecule has 1 unspecified atom stereocenters. The van der Waals surface area contributed by atoms with Gasteiger partial charge >= 0.3 is 0 Å². The second-order valence-corrected chi connectivity index (χ2v) is 9.60. The van der Waals surface area contributed by atoms with Crippen molar-refractivity contribution in [3.05, 3.63) is 64.1 Å². The standard InChI is InChI=1S/C28H35N5O3/c1-3-12-32(13-4-2)28(35)23-15-22-10-9-21(16-25(22)30-26(29)17-23)19-5-7-20(8-6-19)27(34)33-14-11-24(18-33)31-36/h5-10,15-16,24,26,30H,3-4,11-14,17-18,29H2,1-2H3/t24-,26?/m0/s1. The van der Waals surface area contributed by atoms with Crippen molar-refractivity contribution in [3.63, 3.8) is 0 Å². The Morgan fingerprint density at radius 3 is 2.42 bits per heavy atom. The molecule has 4 rings (SSSR count). The summed E-state index contributed by atoms with van der Waals surface area (Å²) in [6.45, 7) is 6.58. The molecule has 2 amide bonds. The third-order valence-electron chi connectivity index (χ3n) is 6.78. The number of nitroso groups, excluding NO2 is 1. The molecular formula is C28H35N5O3. The van der Waals surface area contributed by atoms with Crippen molar-refractivity contribution >= 4 is 23.6 Å². The Hall–Kier alpha value is -3.52. The molecule has 2 aliphatic heterocycles. The highest BCUT2D eigenvalue weighted by Gasteiger charge is 2.27. The number of amides is 2. The van der Waals surface area contributed by atoms with E-state index < -0.39 is 0 Å². The summed E-state index contributed by atoms with van der Waals surface area (Å²) in [5.74, 6) is -0.0221. The second-order valence-electron chi connectivity index (χ2n) is 9.60. The van der Waals surface area contributed by atoms with E-state index in [0.717, 1.165) is 53.9 Å². The van der Waals surface area contributed by atoms with Crippen LogP contribution >= 0.6 is 0 Å². The van der Waals surface area contributed by atoms with Crippen molar-refractivity contribution < 1.29 is 9.59 Å². The van der Waals surface area contributed by atoms with Crippen LogP contribution in [0.4, 0.5) is 5.69 Å². The van der Waals surface area contributed by atoms with Crippen LogP contribution in [-0.4, -0.2) is 60.0 Å². The molecule has 36 heavy (non-hydrogen) atoms. The molecular weight excluding hydrogens is 454 g/mol. The summed E-state index contributed by atoms with van der Waals surface area (Å²) in [7, 11) is 0. The van der Waals surface area contributed by atoms with Gasteiger partial charge in [0.2, 0.25) is 5.91 Å². The van der Waals surface area contributed by atoms with Gasteiger partial charge in [0.1, 0.15) is 6.04 Å². The maximum Gasteiger partial charge on any atom is 0.253 e. The van der Waals surface area contributed by atoms with Crippen LogP contribution in [0.3, 0.4) is 0 Å². The molecule has 2 aromatic rings. The molecule has 1 saturated heterocycles. The number of benzene rings is 2. The predicted molar refractivity (Wildman–Crippen MR) is 143 cm³/mol. The Bertz CT molecular complexity index is 1140. The van der Waals surface area contributed by atoms with E-state index in [4.69, 9.17) is 5.73 Å². The molecule has 190 valence electrons. The van der Waals surface area contributed by atoms with Crippen LogP contribution in [0.25, 0.3) is 17.2 Å². The summed E-state index contributed by atoms with van der Waals surface area (Å²) >= 11 is 0. The highest BCUT2D eigenvalue weighted by molar-refractivity contribution is 5.99. The van der Waals surface area contributed by atoms with Crippen LogP contribution < -0.4 is 11.1 Å². The van der Waals surface area contributed by atoms with Crippen LogP contribution in [0.15, 0.2) is 53.2 Å². The lowest BCUT2D eigenvalue weighted by molar-refractivity contribution is -0.127. The second kappa shape index (κ2) is 11.5. The quantitative estimate of drug-likeness (QED) is 0.532. The number of rotatable bonds is 8. The van der Waals surface area contributed by atoms with Crippen molar-refractivity contribution in [2.24, 2.45) is 10.9 Å². The maximum absolute atomic E-state index is 13.2. The lowest BCUT2D eigenvalue weighted by Crippen LogP contribution is -2.36. The van der Waals surface area contributed by atoms with Crippen molar-refractivity contribution in [2.45, 2.75) is 51.7 Å². The summed E-state index contributed by atoms with van der Waals surface area (Å²) in [6, 6.07) is 13.2. The monoisotopic (exact) mass is 489 g/mol. The number of nitrogens with one attached hydrogen (secondary N) is 1. The van der Waals surface area contributed by atoms with Crippen LogP contribution in [0.5, 0.6) is 0 Å². The lowest BCUT2D eigenvalue weighted by Gasteiger charge is -2.23. The molecule has 2 atom stereocenters. The maximum atomic E-state index is 13.2. The summed E-state index contributed by atoms with van der Waals surface area (Å²) in [5.41, 5.74) is 11.4. The number of carbonyl (C=O) groups is 2. The van der Waals surface area contributed by atoms with Crippen LogP contribution in [0.2, 0.25) is 0 Å². The molecule has 3 N–H and O–H groups in total. The van der Waals surface area contributed by atoms with E-state index in [1.54, 1.807) is 4.90 Å². The Labute approximate surface area is 212 Å². The van der Waals surface area contributed by atoms with Gasteiger partial charge in [-0.1, -0.05) is 43.3 Å². The molecule has 0 aromatic heterocycles. The van der Waals surface area contributed by atoms with Crippen LogP contribution in [0, 0.1) is 4.91 Å². The van der Waals surface area contributed by atoms with Gasteiger partial charge in [-0.05, 0) is 60.2 Å². The minimum Gasteiger partial charge on any atom is -0.369 e. The van der Waals surface area contributed by atoms with Gasteiger partial charge in [0.15, 0.2) is 0 Å². The molecule has 0 saturated carbocycles. The third kappa shape index (κ3) is 5.65. The molecule has 0 aliphatic carbocycles. The highest BCUT2D eigenvalue weighted by atomic mass is 16.3. The van der Waals surface area contributed by atoms with E-state index in [9.17, 15) is 14.5 Å². The predicted octanol–water partition coefficient (Wildman–Crippen LogP) is 4.47. The smallest absolute Gasteiger partial charge is 0.253 e. The fourth-order valence-corrected chi connectivity index (χ4v) is 4.93. The molecule has 1 fully saturated rings. The number of hydrogen-bond acceptors (Lipinski definition) is 6. The number of carbonyl (C=O) groups excluding carboxylic acids is 2. The van der Waals surface area contributed by atoms with Gasteiger partial charge in [0, 0.05) is 49.4 Å². The van der Waals surface area contributed by atoms with Crippen molar-refractivity contribution in [3.8, 4) is 11.1 Å². The first-order valence-corrected chi connectivity index (χ1v) is 12.8. The fraction of sp³-hybridized carbons (Fsp3) is 0.429. The molecule has 0 bridgehead atoms. The largest absolute Gasteiger partial charge is 0.369 e. The third-order valence-corrected chi connectivity index (χ3v) is 6.78. The van der Waals surface area contributed by atoms with Gasteiger partial charge in [-0.15, -0.1) is 0 Å². The van der Waals surface area contributed by atoms with Crippen molar-refractivity contribution in [2.75, 3.05) is 31.5 Å². The summed E-state index contributed by atoms with van der Waals surface area (Å²) in [4.78, 5) is 40.3. The number of nitrogens with two attached hydrogens (primary N) is 1. The van der Waals surface area contributed by atoms with E-state index in [-0.39, 0.29) is 24.0 Å². The molecule has 2 aliphatic rings. The summed E-state index contributed by atoms with van der Waals surface area (Å²) in [6.07, 6.45) is 4.50. The van der Waals surface area contributed by atoms with Gasteiger partial charge < -0.3 is 20.9 Å². The Morgan fingerprint density at radius 2 is 1.78 bits per heavy atom. The summed E-state index contributed by atoms with van der Waals surface area (Å²) in [5, 5.41) is 6.43. The fourth-order valence-electron chi connectivity index (χ4n) is 4.93. The van der Waals surface area contributed by atoms with Gasteiger partial charge in [-0.25, -0.2) is 0 Å². The van der Waals surface area contributed by atoms with Gasteiger partial charge in [-0.3, -0.25) is 9.59 Å². The minimum absolute atomic E-state index is 0.0568. The average molecular weight is 490 g/mol. The zero-order chi connectivity index (χ0) is 25.7. The number of likely N-dealkylation sites (tertiary alicyclic amines) is 1. The SMILES string of the molecule is CCCN(CCC)C(=O)C1=Cc2ccc(-c3ccc(C(=O)N4CC[C@H](N=O)C4)cc3)cc2NC(N)C1. The van der Waals surface area contributed by atoms with Crippen LogP contribution in [-0.2, 0) is 4.79 Å². The topological polar surface area (TPSA) is 108 Å². The number of fused-ring (bicyclic) bond motifs is 1. The van der Waals surface area contributed by atoms with E-state index in [1.807, 2.05) is 53.4 Å². The normalized spacial score (nSPS) is 19.1. The molecule has 8 nitrogen and oxygen atoms in total. The molecule has 8 heteroatoms. The molecule has 2 aromatic carbocycles.